The summed E-state index contributed by atoms with van der Waals surface area (Å²) in [6.07, 6.45) is 0.847. The van der Waals surface area contributed by atoms with Crippen LogP contribution in [0.2, 0.25) is 0 Å². The van der Waals surface area contributed by atoms with E-state index in [2.05, 4.69) is 5.32 Å². The number of carbonyl (C=O) groups excluding carboxylic acids is 1. The third kappa shape index (κ3) is 4.57. The summed E-state index contributed by atoms with van der Waals surface area (Å²) in [5, 5.41) is 11.8. The van der Waals surface area contributed by atoms with Crippen LogP contribution in [0, 0.1) is 0 Å². The van der Waals surface area contributed by atoms with Gasteiger partial charge in [0.25, 0.3) is 0 Å². The number of urea groups is 1. The Bertz CT molecular complexity index is 480. The summed E-state index contributed by atoms with van der Waals surface area (Å²) in [5.74, 6) is -0.952. The highest BCUT2D eigenvalue weighted by atomic mass is 16.4. The van der Waals surface area contributed by atoms with Gasteiger partial charge in [0.15, 0.2) is 0 Å². The highest BCUT2D eigenvalue weighted by Gasteiger charge is 2.20. The Morgan fingerprint density at radius 1 is 1.25 bits per heavy atom. The molecule has 0 aliphatic carbocycles. The van der Waals surface area contributed by atoms with Crippen LogP contribution in [0.3, 0.4) is 0 Å². The average molecular weight is 278 g/mol. The molecule has 0 bridgehead atoms. The smallest absolute Gasteiger partial charge is 0.335 e. The maximum absolute atomic E-state index is 12.0. The summed E-state index contributed by atoms with van der Waals surface area (Å²) >= 11 is 0. The zero-order valence-corrected chi connectivity index (χ0v) is 12.4. The molecule has 0 aliphatic heterocycles. The lowest BCUT2D eigenvalue weighted by atomic mass is 10.0. The standard InChI is InChI=1S/C15H22N2O3/c1-5-15(2,3)16-14(20)17(4)10-11-6-8-12(9-7-11)13(18)19/h6-9H,5,10H2,1-4H3,(H,16,20)(H,18,19). The lowest BCUT2D eigenvalue weighted by Crippen LogP contribution is -2.48. The number of nitrogens with one attached hydrogen (secondary N) is 1. The van der Waals surface area contributed by atoms with Crippen molar-refractivity contribution < 1.29 is 14.7 Å². The molecule has 1 aromatic rings. The van der Waals surface area contributed by atoms with E-state index in [4.69, 9.17) is 5.11 Å². The van der Waals surface area contributed by atoms with E-state index in [1.165, 1.54) is 0 Å². The Morgan fingerprint density at radius 3 is 2.25 bits per heavy atom. The Labute approximate surface area is 119 Å². The Balaban J connectivity index is 2.63. The third-order valence-electron chi connectivity index (χ3n) is 3.30. The van der Waals surface area contributed by atoms with Crippen molar-refractivity contribution in [3.05, 3.63) is 35.4 Å². The molecule has 0 aromatic heterocycles. The molecule has 0 unspecified atom stereocenters. The molecule has 0 fully saturated rings. The Morgan fingerprint density at radius 2 is 1.80 bits per heavy atom. The van der Waals surface area contributed by atoms with Gasteiger partial charge in [-0.1, -0.05) is 19.1 Å². The molecular formula is C15H22N2O3. The van der Waals surface area contributed by atoms with Crippen molar-refractivity contribution in [3.63, 3.8) is 0 Å². The average Bonchev–Trinajstić information content (AvgIpc) is 2.38. The van der Waals surface area contributed by atoms with Crippen molar-refractivity contribution in [2.75, 3.05) is 7.05 Å². The van der Waals surface area contributed by atoms with Crippen LogP contribution >= 0.6 is 0 Å². The zero-order valence-electron chi connectivity index (χ0n) is 12.4. The van der Waals surface area contributed by atoms with Gasteiger partial charge in [-0.25, -0.2) is 9.59 Å². The maximum Gasteiger partial charge on any atom is 0.335 e. The maximum atomic E-state index is 12.0. The van der Waals surface area contributed by atoms with Crippen molar-refractivity contribution in [2.45, 2.75) is 39.3 Å². The number of amides is 2. The molecule has 5 nitrogen and oxygen atoms in total. The van der Waals surface area contributed by atoms with Crippen molar-refractivity contribution in [1.29, 1.82) is 0 Å². The van der Waals surface area contributed by atoms with Crippen molar-refractivity contribution >= 4 is 12.0 Å². The molecule has 20 heavy (non-hydrogen) atoms. The van der Waals surface area contributed by atoms with E-state index in [9.17, 15) is 9.59 Å². The third-order valence-corrected chi connectivity index (χ3v) is 3.30. The van der Waals surface area contributed by atoms with E-state index < -0.39 is 5.97 Å². The second-order valence-corrected chi connectivity index (χ2v) is 5.53. The number of hydrogen-bond acceptors (Lipinski definition) is 2. The minimum atomic E-state index is -0.952. The molecule has 0 aliphatic rings. The lowest BCUT2D eigenvalue weighted by Gasteiger charge is -2.28. The molecule has 0 radical (unpaired) electrons. The van der Waals surface area contributed by atoms with Crippen LogP contribution in [0.5, 0.6) is 0 Å². The fourth-order valence-corrected chi connectivity index (χ4v) is 1.57. The Kier molecular flexibility index (Phi) is 5.13. The van der Waals surface area contributed by atoms with Crippen LogP contribution in [-0.2, 0) is 6.54 Å². The van der Waals surface area contributed by atoms with Gasteiger partial charge in [-0.2, -0.15) is 0 Å². The van der Waals surface area contributed by atoms with Crippen LogP contribution in [0.4, 0.5) is 4.79 Å². The van der Waals surface area contributed by atoms with Crippen LogP contribution in [0.15, 0.2) is 24.3 Å². The molecule has 110 valence electrons. The second-order valence-electron chi connectivity index (χ2n) is 5.53. The summed E-state index contributed by atoms with van der Waals surface area (Å²) in [5.41, 5.74) is 0.897. The SMILES string of the molecule is CCC(C)(C)NC(=O)N(C)Cc1ccc(C(=O)O)cc1. The highest BCUT2D eigenvalue weighted by Crippen LogP contribution is 2.10. The van der Waals surface area contributed by atoms with Gasteiger partial charge >= 0.3 is 12.0 Å². The van der Waals surface area contributed by atoms with E-state index in [0.717, 1.165) is 12.0 Å². The first kappa shape index (κ1) is 16.0. The van der Waals surface area contributed by atoms with Gasteiger partial charge in [0.2, 0.25) is 0 Å². The molecule has 0 saturated carbocycles. The minimum Gasteiger partial charge on any atom is -0.478 e. The van der Waals surface area contributed by atoms with Gasteiger partial charge in [-0.3, -0.25) is 0 Å². The topological polar surface area (TPSA) is 69.6 Å². The second kappa shape index (κ2) is 6.41. The fourth-order valence-electron chi connectivity index (χ4n) is 1.57. The first-order valence-corrected chi connectivity index (χ1v) is 6.60. The summed E-state index contributed by atoms with van der Waals surface area (Å²) in [6.45, 7) is 6.40. The van der Waals surface area contributed by atoms with Crippen LogP contribution in [0.25, 0.3) is 0 Å². The number of carboxylic acid groups (broad SMARTS) is 1. The summed E-state index contributed by atoms with van der Waals surface area (Å²) in [6, 6.07) is 6.38. The molecule has 0 atom stereocenters. The van der Waals surface area contributed by atoms with E-state index in [1.807, 2.05) is 20.8 Å². The quantitative estimate of drug-likeness (QED) is 0.870. The monoisotopic (exact) mass is 278 g/mol. The minimum absolute atomic E-state index is 0.140. The van der Waals surface area contributed by atoms with Crippen LogP contribution in [0.1, 0.15) is 43.1 Å². The number of benzene rings is 1. The van der Waals surface area contributed by atoms with Gasteiger partial charge in [0.05, 0.1) is 5.56 Å². The van der Waals surface area contributed by atoms with E-state index in [0.29, 0.717) is 6.54 Å². The molecule has 2 amide bonds. The van der Waals surface area contributed by atoms with Crippen molar-refractivity contribution in [1.82, 2.24) is 10.2 Å². The van der Waals surface area contributed by atoms with Crippen molar-refractivity contribution in [2.24, 2.45) is 0 Å². The molecule has 0 saturated heterocycles. The summed E-state index contributed by atoms with van der Waals surface area (Å²) in [7, 11) is 1.71. The molecule has 1 rings (SSSR count). The largest absolute Gasteiger partial charge is 0.478 e. The zero-order chi connectivity index (χ0) is 15.3. The molecule has 1 aromatic carbocycles. The van der Waals surface area contributed by atoms with Crippen LogP contribution in [-0.4, -0.2) is 34.6 Å². The normalized spacial score (nSPS) is 11.0. The molecule has 0 spiro atoms. The molecular weight excluding hydrogens is 256 g/mol. The first-order chi connectivity index (χ1) is 9.25. The summed E-state index contributed by atoms with van der Waals surface area (Å²) < 4.78 is 0. The fraction of sp³-hybridized carbons (Fsp3) is 0.467. The molecule has 0 heterocycles. The predicted molar refractivity (Wildman–Crippen MR) is 77.8 cm³/mol. The molecule has 5 heteroatoms. The number of aromatic carboxylic acids is 1. The number of nitrogens with zero attached hydrogens (tertiary/aromatic N) is 1. The van der Waals surface area contributed by atoms with Gasteiger partial charge in [0, 0.05) is 19.1 Å². The van der Waals surface area contributed by atoms with Crippen LogP contribution < -0.4 is 5.32 Å². The number of carbonyl (C=O) groups is 2. The van der Waals surface area contributed by atoms with Crippen molar-refractivity contribution in [3.8, 4) is 0 Å². The summed E-state index contributed by atoms with van der Waals surface area (Å²) in [4.78, 5) is 24.4. The number of carboxylic acids is 1. The lowest BCUT2D eigenvalue weighted by molar-refractivity contribution is 0.0696. The van der Waals surface area contributed by atoms with Gasteiger partial charge in [-0.15, -0.1) is 0 Å². The Hall–Kier alpha value is -2.04. The van der Waals surface area contributed by atoms with E-state index in [-0.39, 0.29) is 17.1 Å². The molecule has 2 N–H and O–H groups in total. The first-order valence-electron chi connectivity index (χ1n) is 6.60. The highest BCUT2D eigenvalue weighted by molar-refractivity contribution is 5.87. The van der Waals surface area contributed by atoms with Gasteiger partial charge in [0.1, 0.15) is 0 Å². The van der Waals surface area contributed by atoms with Gasteiger partial charge < -0.3 is 15.3 Å². The van der Waals surface area contributed by atoms with E-state index >= 15 is 0 Å². The van der Waals surface area contributed by atoms with Gasteiger partial charge in [-0.05, 0) is 38.0 Å². The number of hydrogen-bond donors (Lipinski definition) is 2. The number of rotatable bonds is 5. The predicted octanol–water partition coefficient (Wildman–Crippen LogP) is 2.71. The van der Waals surface area contributed by atoms with E-state index in [1.54, 1.807) is 36.2 Å².